The molecule has 1 aliphatic rings. The lowest BCUT2D eigenvalue weighted by molar-refractivity contribution is 0.580. The molecule has 6 heteroatoms. The maximum atomic E-state index is 8.51. The Morgan fingerprint density at radius 3 is 2.81 bits per heavy atom. The van der Waals surface area contributed by atoms with E-state index < -0.39 is 0 Å². The standard InChI is InChI=1S/C15H22N6/c1-3-18-21-13-10-11(2)4-5-12(13)19-15(14(21)16)20-8-6-17-7-9-20/h4-5,10,16-18H,3,6-9H2,1-2H3. The van der Waals surface area contributed by atoms with Gasteiger partial charge >= 0.3 is 0 Å². The van der Waals surface area contributed by atoms with Crippen molar-refractivity contribution in [3.05, 3.63) is 29.3 Å². The molecule has 0 saturated carbocycles. The zero-order chi connectivity index (χ0) is 14.8. The van der Waals surface area contributed by atoms with Gasteiger partial charge in [-0.3, -0.25) is 5.41 Å². The predicted molar refractivity (Wildman–Crippen MR) is 85.3 cm³/mol. The number of nitrogens with one attached hydrogen (secondary N) is 3. The number of hydrogen-bond acceptors (Lipinski definition) is 5. The van der Waals surface area contributed by atoms with E-state index in [0.29, 0.717) is 5.49 Å². The van der Waals surface area contributed by atoms with Gasteiger partial charge in [-0.15, -0.1) is 0 Å². The monoisotopic (exact) mass is 286 g/mol. The van der Waals surface area contributed by atoms with Gasteiger partial charge < -0.3 is 15.6 Å². The normalized spacial score (nSPS) is 15.4. The predicted octanol–water partition coefficient (Wildman–Crippen LogP) is 0.797. The number of rotatable bonds is 3. The average Bonchev–Trinajstić information content (AvgIpc) is 2.51. The number of hydrogen-bond donors (Lipinski definition) is 3. The summed E-state index contributed by atoms with van der Waals surface area (Å²) in [4.78, 5) is 6.92. The van der Waals surface area contributed by atoms with Crippen molar-refractivity contribution in [1.29, 1.82) is 5.41 Å². The van der Waals surface area contributed by atoms with Crippen molar-refractivity contribution in [1.82, 2.24) is 15.0 Å². The number of aryl methyl sites for hydroxylation is 1. The highest BCUT2D eigenvalue weighted by Gasteiger charge is 2.16. The summed E-state index contributed by atoms with van der Waals surface area (Å²) in [6.45, 7) is 8.53. The highest BCUT2D eigenvalue weighted by molar-refractivity contribution is 5.77. The van der Waals surface area contributed by atoms with Gasteiger partial charge in [0.25, 0.3) is 0 Å². The minimum absolute atomic E-state index is 0.428. The molecule has 112 valence electrons. The third kappa shape index (κ3) is 2.58. The molecule has 3 N–H and O–H groups in total. The first kappa shape index (κ1) is 13.9. The summed E-state index contributed by atoms with van der Waals surface area (Å²) in [5, 5.41) is 11.8. The molecule has 1 aromatic carbocycles. The zero-order valence-corrected chi connectivity index (χ0v) is 12.6. The summed E-state index contributed by atoms with van der Waals surface area (Å²) in [6.07, 6.45) is 0. The van der Waals surface area contributed by atoms with E-state index in [9.17, 15) is 0 Å². The molecule has 1 saturated heterocycles. The number of benzene rings is 1. The number of piperazine rings is 1. The molecule has 0 unspecified atom stereocenters. The molecule has 21 heavy (non-hydrogen) atoms. The third-order valence-electron chi connectivity index (χ3n) is 3.77. The molecule has 0 radical (unpaired) electrons. The first-order valence-electron chi connectivity index (χ1n) is 7.48. The summed E-state index contributed by atoms with van der Waals surface area (Å²) in [7, 11) is 0. The van der Waals surface area contributed by atoms with Gasteiger partial charge in [0.1, 0.15) is 0 Å². The molecule has 0 bridgehead atoms. The molecule has 1 aromatic heterocycles. The molecule has 3 rings (SSSR count). The second kappa shape index (κ2) is 5.73. The van der Waals surface area contributed by atoms with Gasteiger partial charge in [0, 0.05) is 32.7 Å². The Morgan fingerprint density at radius 1 is 1.33 bits per heavy atom. The van der Waals surface area contributed by atoms with Crippen molar-refractivity contribution in [3.8, 4) is 0 Å². The van der Waals surface area contributed by atoms with Gasteiger partial charge in [0.05, 0.1) is 11.0 Å². The lowest BCUT2D eigenvalue weighted by Crippen LogP contribution is -2.47. The van der Waals surface area contributed by atoms with Crippen LogP contribution in [0.25, 0.3) is 11.0 Å². The minimum atomic E-state index is 0.428. The summed E-state index contributed by atoms with van der Waals surface area (Å²) < 4.78 is 1.85. The fourth-order valence-corrected chi connectivity index (χ4v) is 2.71. The van der Waals surface area contributed by atoms with Crippen molar-refractivity contribution in [2.24, 2.45) is 0 Å². The largest absolute Gasteiger partial charge is 0.351 e. The molecule has 0 spiro atoms. The number of nitrogens with zero attached hydrogens (tertiary/aromatic N) is 3. The summed E-state index contributed by atoms with van der Waals surface area (Å²) in [6, 6.07) is 6.17. The van der Waals surface area contributed by atoms with E-state index in [-0.39, 0.29) is 0 Å². The molecule has 1 fully saturated rings. The van der Waals surface area contributed by atoms with Crippen LogP contribution in [0.2, 0.25) is 0 Å². The maximum Gasteiger partial charge on any atom is 0.187 e. The van der Waals surface area contributed by atoms with Crippen LogP contribution < -0.4 is 21.1 Å². The Labute approximate surface area is 124 Å². The number of aromatic nitrogens is 2. The van der Waals surface area contributed by atoms with Gasteiger partial charge in [-0.2, -0.15) is 0 Å². The third-order valence-corrected chi connectivity index (χ3v) is 3.77. The Balaban J connectivity index is 2.19. The summed E-state index contributed by atoms with van der Waals surface area (Å²) >= 11 is 0. The van der Waals surface area contributed by atoms with Gasteiger partial charge in [-0.1, -0.05) is 6.07 Å². The van der Waals surface area contributed by atoms with E-state index in [1.54, 1.807) is 0 Å². The van der Waals surface area contributed by atoms with Crippen LogP contribution in [0.4, 0.5) is 5.82 Å². The van der Waals surface area contributed by atoms with Crippen molar-refractivity contribution < 1.29 is 0 Å². The summed E-state index contributed by atoms with van der Waals surface area (Å²) in [5.74, 6) is 0.758. The van der Waals surface area contributed by atoms with E-state index in [2.05, 4.69) is 34.7 Å². The molecule has 2 heterocycles. The van der Waals surface area contributed by atoms with Crippen molar-refractivity contribution in [2.45, 2.75) is 13.8 Å². The molecule has 0 aliphatic carbocycles. The second-order valence-corrected chi connectivity index (χ2v) is 5.36. The lowest BCUT2D eigenvalue weighted by Gasteiger charge is -2.29. The molecular weight excluding hydrogens is 264 g/mol. The van der Waals surface area contributed by atoms with E-state index in [1.807, 2.05) is 17.7 Å². The lowest BCUT2D eigenvalue weighted by atomic mass is 10.2. The highest BCUT2D eigenvalue weighted by Crippen LogP contribution is 2.15. The SMILES string of the molecule is CCNn1c(=N)c(N2CCNCC2)nc2ccc(C)cc21. The zero-order valence-electron chi connectivity index (χ0n) is 12.6. The van der Waals surface area contributed by atoms with Crippen LogP contribution in [0.3, 0.4) is 0 Å². The van der Waals surface area contributed by atoms with E-state index in [4.69, 9.17) is 10.4 Å². The molecule has 2 aromatic rings. The van der Waals surface area contributed by atoms with Crippen LogP contribution >= 0.6 is 0 Å². The number of fused-ring (bicyclic) bond motifs is 1. The Hall–Kier alpha value is -2.08. The Morgan fingerprint density at radius 2 is 2.10 bits per heavy atom. The minimum Gasteiger partial charge on any atom is -0.351 e. The Bertz CT molecular complexity index is 699. The van der Waals surface area contributed by atoms with Crippen LogP contribution in [0.1, 0.15) is 12.5 Å². The fraction of sp³-hybridized carbons (Fsp3) is 0.467. The van der Waals surface area contributed by atoms with Crippen molar-refractivity contribution in [3.63, 3.8) is 0 Å². The number of anilines is 1. The van der Waals surface area contributed by atoms with E-state index in [0.717, 1.165) is 49.6 Å². The quantitative estimate of drug-likeness (QED) is 0.780. The van der Waals surface area contributed by atoms with Crippen LogP contribution in [0.5, 0.6) is 0 Å². The second-order valence-electron chi connectivity index (χ2n) is 5.36. The van der Waals surface area contributed by atoms with Crippen LogP contribution in [-0.2, 0) is 0 Å². The molecule has 0 atom stereocenters. The molecular formula is C15H22N6. The molecule has 6 nitrogen and oxygen atoms in total. The van der Waals surface area contributed by atoms with Gasteiger partial charge in [0.2, 0.25) is 0 Å². The molecule has 1 aliphatic heterocycles. The van der Waals surface area contributed by atoms with Crippen molar-refractivity contribution in [2.75, 3.05) is 43.0 Å². The van der Waals surface area contributed by atoms with Gasteiger partial charge in [-0.05, 0) is 31.5 Å². The van der Waals surface area contributed by atoms with Gasteiger partial charge in [0.15, 0.2) is 11.3 Å². The van der Waals surface area contributed by atoms with Crippen LogP contribution in [-0.4, -0.2) is 42.4 Å². The first-order chi connectivity index (χ1) is 10.2. The van der Waals surface area contributed by atoms with E-state index in [1.165, 1.54) is 5.56 Å². The topological polar surface area (TPSA) is 69.0 Å². The van der Waals surface area contributed by atoms with E-state index >= 15 is 0 Å². The molecule has 0 amide bonds. The Kier molecular flexibility index (Phi) is 3.79. The van der Waals surface area contributed by atoms with Crippen LogP contribution in [0.15, 0.2) is 18.2 Å². The maximum absolute atomic E-state index is 8.51. The van der Waals surface area contributed by atoms with Gasteiger partial charge in [-0.25, -0.2) is 9.66 Å². The first-order valence-corrected chi connectivity index (χ1v) is 7.48. The smallest absolute Gasteiger partial charge is 0.187 e. The fourth-order valence-electron chi connectivity index (χ4n) is 2.71. The van der Waals surface area contributed by atoms with Crippen molar-refractivity contribution >= 4 is 16.9 Å². The highest BCUT2D eigenvalue weighted by atomic mass is 15.4. The summed E-state index contributed by atoms with van der Waals surface area (Å²) in [5.41, 5.74) is 6.75. The average molecular weight is 286 g/mol. The van der Waals surface area contributed by atoms with Crippen LogP contribution in [0, 0.1) is 12.3 Å².